The molecule has 26 heavy (non-hydrogen) atoms. The van der Waals surface area contributed by atoms with Crippen molar-refractivity contribution in [2.75, 3.05) is 13.6 Å². The molecule has 0 aliphatic carbocycles. The number of nitrogens with zero attached hydrogens (tertiary/aromatic N) is 2. The Hall–Kier alpha value is -1.78. The first-order valence-corrected chi connectivity index (χ1v) is 8.86. The van der Waals surface area contributed by atoms with E-state index in [2.05, 4.69) is 0 Å². The Morgan fingerprint density at radius 2 is 1.85 bits per heavy atom. The van der Waals surface area contributed by atoms with Gasteiger partial charge in [0.1, 0.15) is 5.82 Å². The van der Waals surface area contributed by atoms with Gasteiger partial charge in [-0.25, -0.2) is 12.8 Å². The summed E-state index contributed by atoms with van der Waals surface area (Å²) in [5.74, 6) is -0.593. The fraction of sp³-hybridized carbons (Fsp3) is 0.200. The SMILES string of the molecule is CN(C[C@H](N)c1ccc(F)c(Cl)c1)S(=O)(=O)c1ccc([N+](=O)[O-])cc1.Cl. The zero-order valence-electron chi connectivity index (χ0n) is 13.5. The molecule has 7 nitrogen and oxygen atoms in total. The van der Waals surface area contributed by atoms with Gasteiger partial charge in [0.15, 0.2) is 0 Å². The highest BCUT2D eigenvalue weighted by atomic mass is 35.5. The number of non-ortho nitro benzene ring substituents is 1. The van der Waals surface area contributed by atoms with E-state index < -0.39 is 26.8 Å². The molecule has 2 rings (SSSR count). The monoisotopic (exact) mass is 423 g/mol. The van der Waals surface area contributed by atoms with Gasteiger partial charge >= 0.3 is 0 Å². The fourth-order valence-corrected chi connectivity index (χ4v) is 3.53. The number of halogens is 3. The van der Waals surface area contributed by atoms with Gasteiger partial charge in [0, 0.05) is 31.8 Å². The van der Waals surface area contributed by atoms with Crippen molar-refractivity contribution in [1.29, 1.82) is 0 Å². The van der Waals surface area contributed by atoms with E-state index in [1.807, 2.05) is 0 Å². The molecule has 0 aliphatic rings. The highest BCUT2D eigenvalue weighted by Crippen LogP contribution is 2.23. The van der Waals surface area contributed by atoms with Crippen molar-refractivity contribution in [3.05, 3.63) is 69.0 Å². The standard InChI is InChI=1S/C15H15ClFN3O4S.ClH/c1-19(9-15(18)10-2-7-14(17)13(16)8-10)25(23,24)12-5-3-11(4-6-12)20(21)22;/h2-8,15H,9,18H2,1H3;1H/t15-;/m0./s1. The zero-order chi connectivity index (χ0) is 18.8. The molecule has 0 fully saturated rings. The van der Waals surface area contributed by atoms with E-state index in [0.29, 0.717) is 5.56 Å². The lowest BCUT2D eigenvalue weighted by Gasteiger charge is -2.21. The Morgan fingerprint density at radius 3 is 2.35 bits per heavy atom. The lowest BCUT2D eigenvalue weighted by molar-refractivity contribution is -0.384. The molecule has 0 bridgehead atoms. The molecule has 0 amide bonds. The van der Waals surface area contributed by atoms with Gasteiger partial charge in [-0.2, -0.15) is 4.31 Å². The van der Waals surface area contributed by atoms with Crippen LogP contribution in [0.2, 0.25) is 5.02 Å². The van der Waals surface area contributed by atoms with Gasteiger partial charge in [0.2, 0.25) is 10.0 Å². The highest BCUT2D eigenvalue weighted by Gasteiger charge is 2.24. The fourth-order valence-electron chi connectivity index (χ4n) is 2.14. The molecule has 0 aliphatic heterocycles. The number of likely N-dealkylation sites (N-methyl/N-ethyl adjacent to an activating group) is 1. The van der Waals surface area contributed by atoms with Crippen molar-refractivity contribution in [3.8, 4) is 0 Å². The topological polar surface area (TPSA) is 107 Å². The number of benzene rings is 2. The van der Waals surface area contributed by atoms with Gasteiger partial charge in [0.05, 0.1) is 14.8 Å². The second-order valence-corrected chi connectivity index (χ2v) is 7.77. The third kappa shape index (κ3) is 4.89. The molecule has 2 aromatic rings. The van der Waals surface area contributed by atoms with E-state index in [1.165, 1.54) is 19.2 Å². The molecular formula is C15H16Cl2FN3O4S. The molecule has 2 N–H and O–H groups in total. The molecule has 11 heteroatoms. The summed E-state index contributed by atoms with van der Waals surface area (Å²) in [4.78, 5) is 9.93. The van der Waals surface area contributed by atoms with Crippen molar-refractivity contribution >= 4 is 39.7 Å². The number of hydrogen-bond acceptors (Lipinski definition) is 5. The summed E-state index contributed by atoms with van der Waals surface area (Å²) in [6.45, 7) is -0.0821. The summed E-state index contributed by atoms with van der Waals surface area (Å²) in [6, 6.07) is 7.74. The smallest absolute Gasteiger partial charge is 0.269 e. The average molecular weight is 424 g/mol. The second-order valence-electron chi connectivity index (χ2n) is 5.32. The largest absolute Gasteiger partial charge is 0.323 e. The van der Waals surface area contributed by atoms with Gasteiger partial charge in [-0.3, -0.25) is 10.1 Å². The van der Waals surface area contributed by atoms with Crippen molar-refractivity contribution in [1.82, 2.24) is 4.31 Å². The van der Waals surface area contributed by atoms with E-state index in [4.69, 9.17) is 17.3 Å². The second kappa shape index (κ2) is 8.74. The zero-order valence-corrected chi connectivity index (χ0v) is 15.9. The van der Waals surface area contributed by atoms with Gasteiger partial charge in [-0.15, -0.1) is 12.4 Å². The number of nitrogens with two attached hydrogens (primary N) is 1. The normalized spacial score (nSPS) is 12.5. The summed E-state index contributed by atoms with van der Waals surface area (Å²) in [5, 5.41) is 10.5. The van der Waals surface area contributed by atoms with Crippen LogP contribution in [-0.4, -0.2) is 31.2 Å². The Morgan fingerprint density at radius 1 is 1.27 bits per heavy atom. The van der Waals surface area contributed by atoms with Crippen molar-refractivity contribution in [2.24, 2.45) is 5.73 Å². The predicted octanol–water partition coefficient (Wildman–Crippen LogP) is 3.13. The number of nitro groups is 1. The Bertz CT molecular complexity index is 894. The maximum absolute atomic E-state index is 13.2. The lowest BCUT2D eigenvalue weighted by Crippen LogP contribution is -2.34. The summed E-state index contributed by atoms with van der Waals surface area (Å²) >= 11 is 5.70. The molecule has 0 aromatic heterocycles. The minimum absolute atomic E-state index is 0. The minimum atomic E-state index is -3.88. The summed E-state index contributed by atoms with van der Waals surface area (Å²) < 4.78 is 39.3. The summed E-state index contributed by atoms with van der Waals surface area (Å²) in [7, 11) is -2.54. The number of hydrogen-bond donors (Lipinski definition) is 1. The molecule has 1 atom stereocenters. The van der Waals surface area contributed by atoms with Crippen molar-refractivity contribution in [3.63, 3.8) is 0 Å². The number of sulfonamides is 1. The van der Waals surface area contributed by atoms with Gasteiger partial charge in [-0.05, 0) is 29.8 Å². The summed E-state index contributed by atoms with van der Waals surface area (Å²) in [6.07, 6.45) is 0. The first-order chi connectivity index (χ1) is 11.6. The average Bonchev–Trinajstić information content (AvgIpc) is 2.57. The lowest BCUT2D eigenvalue weighted by atomic mass is 10.1. The third-order valence-electron chi connectivity index (χ3n) is 3.58. The van der Waals surface area contributed by atoms with Crippen LogP contribution in [0, 0.1) is 15.9 Å². The van der Waals surface area contributed by atoms with E-state index in [0.717, 1.165) is 34.6 Å². The van der Waals surface area contributed by atoms with Crippen LogP contribution in [0.4, 0.5) is 10.1 Å². The molecular weight excluding hydrogens is 408 g/mol. The number of nitro benzene ring substituents is 1. The third-order valence-corrected chi connectivity index (χ3v) is 5.71. The van der Waals surface area contributed by atoms with Crippen molar-refractivity contribution in [2.45, 2.75) is 10.9 Å². The first kappa shape index (κ1) is 22.3. The van der Waals surface area contributed by atoms with Crippen LogP contribution < -0.4 is 5.73 Å². The van der Waals surface area contributed by atoms with E-state index in [-0.39, 0.29) is 34.6 Å². The minimum Gasteiger partial charge on any atom is -0.323 e. The van der Waals surface area contributed by atoms with Gasteiger partial charge < -0.3 is 5.73 Å². The predicted molar refractivity (Wildman–Crippen MR) is 98.5 cm³/mol. The van der Waals surface area contributed by atoms with Crippen LogP contribution in [0.3, 0.4) is 0 Å². The molecule has 0 unspecified atom stereocenters. The van der Waals surface area contributed by atoms with Gasteiger partial charge in [-0.1, -0.05) is 17.7 Å². The molecule has 0 heterocycles. The van der Waals surface area contributed by atoms with Crippen LogP contribution >= 0.6 is 24.0 Å². The molecule has 0 saturated heterocycles. The van der Waals surface area contributed by atoms with Crippen molar-refractivity contribution < 1.29 is 17.7 Å². The molecule has 0 saturated carbocycles. The van der Waals surface area contributed by atoms with Crippen LogP contribution in [-0.2, 0) is 10.0 Å². The van der Waals surface area contributed by atoms with Crippen LogP contribution in [0.5, 0.6) is 0 Å². The maximum atomic E-state index is 13.2. The Kier molecular flexibility index (Phi) is 7.48. The van der Waals surface area contributed by atoms with Gasteiger partial charge in [0.25, 0.3) is 5.69 Å². The van der Waals surface area contributed by atoms with Crippen LogP contribution in [0.1, 0.15) is 11.6 Å². The molecule has 2 aromatic carbocycles. The van der Waals surface area contributed by atoms with Crippen LogP contribution in [0.25, 0.3) is 0 Å². The van der Waals surface area contributed by atoms with E-state index in [1.54, 1.807) is 0 Å². The van der Waals surface area contributed by atoms with E-state index >= 15 is 0 Å². The molecule has 142 valence electrons. The number of rotatable bonds is 6. The van der Waals surface area contributed by atoms with E-state index in [9.17, 15) is 22.9 Å². The Balaban J connectivity index is 0.00000338. The Labute approximate surface area is 161 Å². The highest BCUT2D eigenvalue weighted by molar-refractivity contribution is 7.89. The quantitative estimate of drug-likeness (QED) is 0.567. The molecule has 0 spiro atoms. The van der Waals surface area contributed by atoms with Crippen LogP contribution in [0.15, 0.2) is 47.4 Å². The summed E-state index contributed by atoms with van der Waals surface area (Å²) in [5.41, 5.74) is 6.25. The molecule has 0 radical (unpaired) electrons. The maximum Gasteiger partial charge on any atom is 0.269 e. The first-order valence-electron chi connectivity index (χ1n) is 7.04.